The number of piperidine rings is 1. The second kappa shape index (κ2) is 10.6. The van der Waals surface area contributed by atoms with Gasteiger partial charge in [-0.1, -0.05) is 44.9 Å². The third kappa shape index (κ3) is 6.21. The van der Waals surface area contributed by atoms with Crippen molar-refractivity contribution < 1.29 is 19.1 Å². The first-order valence-electron chi connectivity index (χ1n) is 11.5. The van der Waals surface area contributed by atoms with Crippen molar-refractivity contribution in [1.82, 2.24) is 10.2 Å². The highest BCUT2D eigenvalue weighted by Gasteiger charge is 2.33. The molecule has 0 aromatic heterocycles. The van der Waals surface area contributed by atoms with Crippen molar-refractivity contribution >= 4 is 23.6 Å². The third-order valence-corrected chi connectivity index (χ3v) is 6.76. The predicted octanol–water partition coefficient (Wildman–Crippen LogP) is 3.80. The minimum atomic E-state index is -0.842. The Morgan fingerprint density at radius 1 is 1.06 bits per heavy atom. The fourth-order valence-electron chi connectivity index (χ4n) is 4.49. The Labute approximate surface area is 184 Å². The predicted molar refractivity (Wildman–Crippen MR) is 119 cm³/mol. The van der Waals surface area contributed by atoms with E-state index >= 15 is 0 Å². The Balaban J connectivity index is 1.48. The van der Waals surface area contributed by atoms with E-state index in [9.17, 15) is 14.4 Å². The van der Waals surface area contributed by atoms with Crippen molar-refractivity contribution in [2.45, 2.75) is 65.0 Å². The molecule has 7 heteroatoms. The highest BCUT2D eigenvalue weighted by Crippen LogP contribution is 2.29. The molecule has 0 unspecified atom stereocenters. The highest BCUT2D eigenvalue weighted by atomic mass is 16.5. The summed E-state index contributed by atoms with van der Waals surface area (Å²) in [6.07, 6.45) is 3.79. The van der Waals surface area contributed by atoms with Gasteiger partial charge in [0.1, 0.15) is 0 Å². The molecule has 1 heterocycles. The molecule has 1 aromatic carbocycles. The van der Waals surface area contributed by atoms with Gasteiger partial charge in [-0.2, -0.15) is 0 Å². The molecule has 1 saturated carbocycles. The van der Waals surface area contributed by atoms with E-state index in [0.29, 0.717) is 37.0 Å². The first-order chi connectivity index (χ1) is 14.8. The van der Waals surface area contributed by atoms with Gasteiger partial charge in [-0.25, -0.2) is 4.79 Å². The number of nitrogens with one attached hydrogen (secondary N) is 2. The van der Waals surface area contributed by atoms with E-state index in [0.717, 1.165) is 19.3 Å². The molecular formula is C24H35N3O4. The summed E-state index contributed by atoms with van der Waals surface area (Å²) < 4.78 is 5.49. The highest BCUT2D eigenvalue weighted by molar-refractivity contribution is 5.90. The van der Waals surface area contributed by atoms with Gasteiger partial charge in [0.25, 0.3) is 5.91 Å². The fraction of sp³-hybridized carbons (Fsp3) is 0.625. The van der Waals surface area contributed by atoms with Crippen molar-refractivity contribution in [2.24, 2.45) is 17.8 Å². The zero-order chi connectivity index (χ0) is 22.4. The lowest BCUT2D eigenvalue weighted by Gasteiger charge is -2.35. The van der Waals surface area contributed by atoms with E-state index in [-0.39, 0.29) is 18.0 Å². The molecule has 0 spiro atoms. The van der Waals surface area contributed by atoms with E-state index in [1.807, 2.05) is 30.3 Å². The summed E-state index contributed by atoms with van der Waals surface area (Å²) in [6.45, 7) is 6.89. The van der Waals surface area contributed by atoms with Crippen LogP contribution in [0.5, 0.6) is 0 Å². The van der Waals surface area contributed by atoms with Crippen LogP contribution < -0.4 is 10.6 Å². The SMILES string of the molecule is C[C@@H]1[C@@H](C)CCC[C@H]1NC(=O)[C@H](C)OC(=O)[C@@H]1CCCN(C(=O)Nc2ccccc2)C1. The monoisotopic (exact) mass is 429 g/mol. The van der Waals surface area contributed by atoms with Crippen LogP contribution in [0.1, 0.15) is 52.9 Å². The summed E-state index contributed by atoms with van der Waals surface area (Å²) >= 11 is 0. The number of hydrogen-bond acceptors (Lipinski definition) is 4. The summed E-state index contributed by atoms with van der Waals surface area (Å²) in [7, 11) is 0. The molecule has 3 amide bonds. The Kier molecular flexibility index (Phi) is 7.93. The number of ether oxygens (including phenoxy) is 1. The molecule has 5 atom stereocenters. The van der Waals surface area contributed by atoms with Crippen LogP contribution in [0.3, 0.4) is 0 Å². The second-order valence-electron chi connectivity index (χ2n) is 9.04. The van der Waals surface area contributed by atoms with Crippen LogP contribution in [-0.2, 0) is 14.3 Å². The van der Waals surface area contributed by atoms with Crippen LogP contribution in [0.4, 0.5) is 10.5 Å². The smallest absolute Gasteiger partial charge is 0.321 e. The average Bonchev–Trinajstić information content (AvgIpc) is 2.77. The Morgan fingerprint density at radius 3 is 2.55 bits per heavy atom. The minimum absolute atomic E-state index is 0.129. The van der Waals surface area contributed by atoms with E-state index in [2.05, 4.69) is 24.5 Å². The fourth-order valence-corrected chi connectivity index (χ4v) is 4.49. The second-order valence-corrected chi connectivity index (χ2v) is 9.04. The summed E-state index contributed by atoms with van der Waals surface area (Å²) in [5.41, 5.74) is 0.716. The molecule has 3 rings (SSSR count). The molecule has 170 valence electrons. The van der Waals surface area contributed by atoms with Crippen molar-refractivity contribution in [2.75, 3.05) is 18.4 Å². The van der Waals surface area contributed by atoms with Crippen LogP contribution >= 0.6 is 0 Å². The number of carbonyl (C=O) groups excluding carboxylic acids is 3. The molecule has 0 bridgehead atoms. The standard InChI is InChI=1S/C24H35N3O4/c1-16-9-7-13-21(17(16)2)26-22(28)18(3)31-23(29)19-10-8-14-27(15-19)24(30)25-20-11-5-4-6-12-20/h4-6,11-12,16-19,21H,7-10,13-15H2,1-3H3,(H,25,30)(H,26,28)/t16-,17+,18-,19+,21+/m0/s1. The molecule has 1 saturated heterocycles. The van der Waals surface area contributed by atoms with E-state index in [4.69, 9.17) is 4.74 Å². The van der Waals surface area contributed by atoms with Crippen LogP contribution in [0.2, 0.25) is 0 Å². The van der Waals surface area contributed by atoms with Gasteiger partial charge >= 0.3 is 12.0 Å². The average molecular weight is 430 g/mol. The summed E-state index contributed by atoms with van der Waals surface area (Å²) in [6, 6.07) is 9.14. The zero-order valence-electron chi connectivity index (χ0n) is 18.8. The molecule has 2 N–H and O–H groups in total. The Morgan fingerprint density at radius 2 is 1.81 bits per heavy atom. The number of para-hydroxylation sites is 1. The first kappa shape index (κ1) is 23.1. The third-order valence-electron chi connectivity index (χ3n) is 6.76. The molecule has 1 aliphatic carbocycles. The summed E-state index contributed by atoms with van der Waals surface area (Å²) in [5, 5.41) is 5.92. The number of esters is 1. The maximum absolute atomic E-state index is 12.7. The number of nitrogens with zero attached hydrogens (tertiary/aromatic N) is 1. The van der Waals surface area contributed by atoms with Gasteiger partial charge in [0.15, 0.2) is 6.10 Å². The number of amides is 3. The first-order valence-corrected chi connectivity index (χ1v) is 11.5. The molecule has 1 aliphatic heterocycles. The molecule has 31 heavy (non-hydrogen) atoms. The largest absolute Gasteiger partial charge is 0.452 e. The maximum atomic E-state index is 12.7. The van der Waals surface area contributed by atoms with Gasteiger partial charge in [0.05, 0.1) is 5.92 Å². The van der Waals surface area contributed by atoms with Crippen LogP contribution in [-0.4, -0.2) is 48.0 Å². The Hall–Kier alpha value is -2.57. The van der Waals surface area contributed by atoms with E-state index in [1.54, 1.807) is 11.8 Å². The molecule has 0 radical (unpaired) electrons. The van der Waals surface area contributed by atoms with Gasteiger partial charge in [-0.15, -0.1) is 0 Å². The number of carbonyl (C=O) groups is 3. The van der Waals surface area contributed by atoms with Gasteiger partial charge in [-0.05, 0) is 50.2 Å². The summed E-state index contributed by atoms with van der Waals surface area (Å²) in [4.78, 5) is 39.5. The quantitative estimate of drug-likeness (QED) is 0.697. The van der Waals surface area contributed by atoms with Crippen molar-refractivity contribution in [3.8, 4) is 0 Å². The molecule has 2 fully saturated rings. The van der Waals surface area contributed by atoms with E-state index < -0.39 is 18.0 Å². The van der Waals surface area contributed by atoms with Crippen molar-refractivity contribution in [3.05, 3.63) is 30.3 Å². The lowest BCUT2D eigenvalue weighted by molar-refractivity contribution is -0.160. The van der Waals surface area contributed by atoms with Crippen LogP contribution in [0.15, 0.2) is 30.3 Å². The normalized spacial score (nSPS) is 27.1. The maximum Gasteiger partial charge on any atom is 0.321 e. The number of rotatable bonds is 5. The van der Waals surface area contributed by atoms with E-state index in [1.165, 1.54) is 6.42 Å². The Bertz CT molecular complexity index is 769. The molecular weight excluding hydrogens is 394 g/mol. The molecule has 1 aromatic rings. The topological polar surface area (TPSA) is 87.7 Å². The minimum Gasteiger partial charge on any atom is -0.452 e. The van der Waals surface area contributed by atoms with Crippen molar-refractivity contribution in [1.29, 1.82) is 0 Å². The summed E-state index contributed by atoms with van der Waals surface area (Å²) in [5.74, 6) is -0.0827. The van der Waals surface area contributed by atoms with Crippen LogP contribution in [0.25, 0.3) is 0 Å². The van der Waals surface area contributed by atoms with Gasteiger partial charge in [0, 0.05) is 24.8 Å². The number of anilines is 1. The van der Waals surface area contributed by atoms with Crippen molar-refractivity contribution in [3.63, 3.8) is 0 Å². The van der Waals surface area contributed by atoms with Gasteiger partial charge in [-0.3, -0.25) is 9.59 Å². The molecule has 7 nitrogen and oxygen atoms in total. The molecule has 2 aliphatic rings. The number of likely N-dealkylation sites (tertiary alicyclic amines) is 1. The zero-order valence-corrected chi connectivity index (χ0v) is 18.8. The van der Waals surface area contributed by atoms with Crippen LogP contribution in [0, 0.1) is 17.8 Å². The number of urea groups is 1. The lowest BCUT2D eigenvalue weighted by Crippen LogP contribution is -2.49. The van der Waals surface area contributed by atoms with Gasteiger partial charge < -0.3 is 20.3 Å². The number of hydrogen-bond donors (Lipinski definition) is 2. The van der Waals surface area contributed by atoms with Gasteiger partial charge in [0.2, 0.25) is 0 Å². The lowest BCUT2D eigenvalue weighted by atomic mass is 9.78. The number of benzene rings is 1.